The molecule has 3 atom stereocenters. The SMILES string of the molecule is O=C(c1ncccc1-c1ccccn1)N1C[C@H]2CC[C@H]1[C@H](Oc1ccc(C(F)(F)F)cn1)C2. The molecule has 1 amide bonds. The van der Waals surface area contributed by atoms with Crippen molar-refractivity contribution >= 4 is 5.91 Å². The summed E-state index contributed by atoms with van der Waals surface area (Å²) >= 11 is 0. The van der Waals surface area contributed by atoms with Crippen molar-refractivity contribution < 1.29 is 22.7 Å². The molecule has 1 saturated carbocycles. The van der Waals surface area contributed by atoms with E-state index in [1.165, 1.54) is 6.07 Å². The van der Waals surface area contributed by atoms with Crippen LogP contribution in [-0.4, -0.2) is 44.4 Å². The zero-order valence-corrected chi connectivity index (χ0v) is 17.6. The van der Waals surface area contributed by atoms with E-state index in [2.05, 4.69) is 15.0 Å². The highest BCUT2D eigenvalue weighted by atomic mass is 19.4. The first-order valence-corrected chi connectivity index (χ1v) is 10.8. The van der Waals surface area contributed by atoms with Gasteiger partial charge < -0.3 is 9.64 Å². The third-order valence-electron chi connectivity index (χ3n) is 6.27. The molecule has 6 rings (SSSR count). The van der Waals surface area contributed by atoms with Gasteiger partial charge in [0.15, 0.2) is 0 Å². The Balaban J connectivity index is 1.38. The van der Waals surface area contributed by atoms with Crippen LogP contribution >= 0.6 is 0 Å². The zero-order valence-electron chi connectivity index (χ0n) is 17.6. The number of amides is 1. The van der Waals surface area contributed by atoms with Crippen molar-refractivity contribution in [1.82, 2.24) is 19.9 Å². The molecule has 6 nitrogen and oxygen atoms in total. The minimum Gasteiger partial charge on any atom is -0.472 e. The van der Waals surface area contributed by atoms with E-state index in [-0.39, 0.29) is 29.9 Å². The van der Waals surface area contributed by atoms with Crippen molar-refractivity contribution in [2.45, 2.75) is 37.6 Å². The summed E-state index contributed by atoms with van der Waals surface area (Å²) in [6.45, 7) is 0.599. The Morgan fingerprint density at radius 1 is 1.00 bits per heavy atom. The second-order valence-corrected chi connectivity index (χ2v) is 8.36. The minimum absolute atomic E-state index is 0.125. The number of piperidine rings is 2. The van der Waals surface area contributed by atoms with Crippen LogP contribution in [0.15, 0.2) is 61.1 Å². The number of ether oxygens (including phenoxy) is 1. The Kier molecular flexibility index (Phi) is 5.47. The minimum atomic E-state index is -4.45. The summed E-state index contributed by atoms with van der Waals surface area (Å²) in [7, 11) is 0. The van der Waals surface area contributed by atoms with Gasteiger partial charge in [-0.15, -0.1) is 0 Å². The molecule has 170 valence electrons. The van der Waals surface area contributed by atoms with Gasteiger partial charge in [0.25, 0.3) is 5.91 Å². The van der Waals surface area contributed by atoms with Crippen LogP contribution < -0.4 is 4.74 Å². The lowest BCUT2D eigenvalue weighted by Gasteiger charge is -2.49. The number of aromatic nitrogens is 3. The van der Waals surface area contributed by atoms with E-state index in [1.807, 2.05) is 24.3 Å². The van der Waals surface area contributed by atoms with Crippen LogP contribution in [-0.2, 0) is 6.18 Å². The highest BCUT2D eigenvalue weighted by molar-refractivity contribution is 5.98. The molecule has 2 saturated heterocycles. The summed E-state index contributed by atoms with van der Waals surface area (Å²) in [6.07, 6.45) is 1.69. The Labute approximate surface area is 188 Å². The highest BCUT2D eigenvalue weighted by Gasteiger charge is 2.45. The number of halogens is 3. The normalized spacial score (nSPS) is 22.3. The fourth-order valence-corrected chi connectivity index (χ4v) is 4.71. The predicted molar refractivity (Wildman–Crippen MR) is 113 cm³/mol. The van der Waals surface area contributed by atoms with E-state index in [9.17, 15) is 18.0 Å². The lowest BCUT2D eigenvalue weighted by atomic mass is 9.77. The van der Waals surface area contributed by atoms with E-state index in [0.29, 0.717) is 23.5 Å². The van der Waals surface area contributed by atoms with Crippen molar-refractivity contribution in [3.63, 3.8) is 0 Å². The standard InChI is InChI=1S/C24H21F3N4O2/c25-24(26,27)16-7-9-21(30-13-16)33-20-12-15-6-8-19(20)31(14-15)23(32)22-17(4-3-11-29-22)18-5-1-2-10-28-18/h1-5,7,9-11,13,15,19-20H,6,8,12,14H2/t15-,19-,20+/m0/s1. The summed E-state index contributed by atoms with van der Waals surface area (Å²) < 4.78 is 44.4. The van der Waals surface area contributed by atoms with Gasteiger partial charge in [0, 0.05) is 36.8 Å². The van der Waals surface area contributed by atoms with Crippen molar-refractivity contribution in [2.24, 2.45) is 5.92 Å². The quantitative estimate of drug-likeness (QED) is 0.575. The van der Waals surface area contributed by atoms with Gasteiger partial charge in [0.05, 0.1) is 17.3 Å². The Bertz CT molecular complexity index is 1140. The van der Waals surface area contributed by atoms with Gasteiger partial charge in [-0.25, -0.2) is 4.98 Å². The van der Waals surface area contributed by atoms with Gasteiger partial charge in [-0.2, -0.15) is 13.2 Å². The number of pyridine rings is 3. The maximum Gasteiger partial charge on any atom is 0.417 e. The topological polar surface area (TPSA) is 68.2 Å². The molecule has 0 N–H and O–H groups in total. The molecule has 3 aromatic heterocycles. The number of alkyl halides is 3. The lowest BCUT2D eigenvalue weighted by Crippen LogP contribution is -2.59. The second kappa shape index (κ2) is 8.46. The number of rotatable bonds is 4. The molecule has 2 aliphatic heterocycles. The van der Waals surface area contributed by atoms with Crippen LogP contribution in [0.25, 0.3) is 11.3 Å². The van der Waals surface area contributed by atoms with E-state index >= 15 is 0 Å². The molecule has 9 heteroatoms. The van der Waals surface area contributed by atoms with Gasteiger partial charge in [-0.3, -0.25) is 14.8 Å². The van der Waals surface area contributed by atoms with Gasteiger partial charge in [0.2, 0.25) is 5.88 Å². The van der Waals surface area contributed by atoms with Crippen LogP contribution in [0.3, 0.4) is 0 Å². The molecule has 0 unspecified atom stereocenters. The third kappa shape index (κ3) is 4.27. The average molecular weight is 454 g/mol. The molecule has 2 bridgehead atoms. The molecular formula is C24H21F3N4O2. The monoisotopic (exact) mass is 454 g/mol. The highest BCUT2D eigenvalue weighted by Crippen LogP contribution is 2.38. The van der Waals surface area contributed by atoms with E-state index in [1.54, 1.807) is 23.4 Å². The summed E-state index contributed by atoms with van der Waals surface area (Å²) in [5.74, 6) is 0.181. The zero-order chi connectivity index (χ0) is 23.0. The number of fused-ring (bicyclic) bond motifs is 3. The van der Waals surface area contributed by atoms with Crippen LogP contribution in [0.1, 0.15) is 35.3 Å². The maximum atomic E-state index is 13.6. The number of carbonyl (C=O) groups excluding carboxylic acids is 1. The summed E-state index contributed by atoms with van der Waals surface area (Å²) in [5.41, 5.74) is 0.827. The lowest BCUT2D eigenvalue weighted by molar-refractivity contribution is -0.137. The van der Waals surface area contributed by atoms with Crippen LogP contribution in [0, 0.1) is 5.92 Å². The summed E-state index contributed by atoms with van der Waals surface area (Å²) in [4.78, 5) is 27.9. The first kappa shape index (κ1) is 21.4. The molecule has 3 fully saturated rings. The van der Waals surface area contributed by atoms with Gasteiger partial charge in [-0.05, 0) is 55.5 Å². The fraction of sp³-hybridized carbons (Fsp3) is 0.333. The third-order valence-corrected chi connectivity index (χ3v) is 6.27. The van der Waals surface area contributed by atoms with Crippen molar-refractivity contribution in [1.29, 1.82) is 0 Å². The van der Waals surface area contributed by atoms with Crippen molar-refractivity contribution in [2.75, 3.05) is 6.54 Å². The van der Waals surface area contributed by atoms with Crippen LogP contribution in [0.5, 0.6) is 5.88 Å². The summed E-state index contributed by atoms with van der Waals surface area (Å²) in [5, 5.41) is 0. The Hall–Kier alpha value is -3.49. The molecule has 0 aromatic carbocycles. The number of hydrogen-bond acceptors (Lipinski definition) is 5. The second-order valence-electron chi connectivity index (χ2n) is 8.36. The first-order valence-electron chi connectivity index (χ1n) is 10.8. The predicted octanol–water partition coefficient (Wildman–Crippen LogP) is 4.63. The first-order chi connectivity index (χ1) is 15.9. The van der Waals surface area contributed by atoms with Gasteiger partial charge >= 0.3 is 6.18 Å². The fourth-order valence-electron chi connectivity index (χ4n) is 4.71. The van der Waals surface area contributed by atoms with E-state index in [4.69, 9.17) is 4.74 Å². The van der Waals surface area contributed by atoms with Crippen molar-refractivity contribution in [3.05, 3.63) is 72.3 Å². The van der Waals surface area contributed by atoms with E-state index in [0.717, 1.165) is 31.5 Å². The Morgan fingerprint density at radius 3 is 2.55 bits per heavy atom. The summed E-state index contributed by atoms with van der Waals surface area (Å²) in [6, 6.07) is 11.1. The molecule has 0 spiro atoms. The smallest absolute Gasteiger partial charge is 0.417 e. The molecule has 0 radical (unpaired) electrons. The number of nitrogens with zero attached hydrogens (tertiary/aromatic N) is 4. The Morgan fingerprint density at radius 2 is 1.85 bits per heavy atom. The van der Waals surface area contributed by atoms with Gasteiger partial charge in [0.1, 0.15) is 11.8 Å². The molecule has 3 aliphatic rings. The van der Waals surface area contributed by atoms with Crippen LogP contribution in [0.2, 0.25) is 0 Å². The molecule has 33 heavy (non-hydrogen) atoms. The largest absolute Gasteiger partial charge is 0.472 e. The van der Waals surface area contributed by atoms with Gasteiger partial charge in [-0.1, -0.05) is 6.07 Å². The molecule has 1 aliphatic carbocycles. The van der Waals surface area contributed by atoms with Crippen LogP contribution in [0.4, 0.5) is 13.2 Å². The average Bonchev–Trinajstić information content (AvgIpc) is 2.84. The maximum absolute atomic E-state index is 13.6. The molecule has 5 heterocycles. The van der Waals surface area contributed by atoms with E-state index < -0.39 is 11.7 Å². The number of hydrogen-bond donors (Lipinski definition) is 0. The molecule has 3 aromatic rings. The van der Waals surface area contributed by atoms with Crippen molar-refractivity contribution in [3.8, 4) is 17.1 Å². The molecular weight excluding hydrogens is 433 g/mol. The number of carbonyl (C=O) groups is 1.